The number of carbonyl (C=O) groups is 1. The lowest BCUT2D eigenvalue weighted by Crippen LogP contribution is -2.02. The Morgan fingerprint density at radius 3 is 2.32 bits per heavy atom. The Morgan fingerprint density at radius 1 is 1.14 bits per heavy atom. The van der Waals surface area contributed by atoms with E-state index in [1.807, 2.05) is 18.2 Å². The standard InChI is InChI=1S/C14H14Br4O4/c15-10-7-9(21-6-4-12(17)18)8-11(16)14(10)22-5-2-1-3-13(19)20/h4,7-8H,1-3,5-6H2,(H,19,20). The number of rotatable bonds is 9. The highest BCUT2D eigenvalue weighted by molar-refractivity contribution is 9.28. The number of halogens is 4. The van der Waals surface area contributed by atoms with Crippen LogP contribution in [0.4, 0.5) is 0 Å². The van der Waals surface area contributed by atoms with Crippen molar-refractivity contribution in [1.29, 1.82) is 0 Å². The second kappa shape index (κ2) is 10.7. The average molecular weight is 566 g/mol. The highest BCUT2D eigenvalue weighted by Crippen LogP contribution is 2.37. The Kier molecular flexibility index (Phi) is 9.70. The van der Waals surface area contributed by atoms with Gasteiger partial charge in [0.2, 0.25) is 0 Å². The fourth-order valence-corrected chi connectivity index (χ4v) is 3.15. The SMILES string of the molecule is O=C(O)CCCCOc1c(Br)cc(OCC=C(Br)Br)cc1Br. The van der Waals surface area contributed by atoms with Crippen molar-refractivity contribution in [2.24, 2.45) is 0 Å². The maximum atomic E-state index is 10.4. The number of unbranched alkanes of at least 4 members (excludes halogenated alkanes) is 1. The third-order valence-electron chi connectivity index (χ3n) is 2.49. The maximum absolute atomic E-state index is 10.4. The molecule has 0 unspecified atom stereocenters. The summed E-state index contributed by atoms with van der Waals surface area (Å²) in [7, 11) is 0. The fourth-order valence-electron chi connectivity index (χ4n) is 1.51. The second-order valence-corrected chi connectivity index (χ2v) is 8.70. The molecular formula is C14H14Br4O4. The van der Waals surface area contributed by atoms with Crippen LogP contribution in [-0.2, 0) is 4.79 Å². The molecule has 0 aliphatic rings. The molecule has 1 aromatic rings. The number of hydrogen-bond donors (Lipinski definition) is 1. The van der Waals surface area contributed by atoms with Gasteiger partial charge < -0.3 is 14.6 Å². The smallest absolute Gasteiger partial charge is 0.303 e. The van der Waals surface area contributed by atoms with Gasteiger partial charge in [-0.3, -0.25) is 4.79 Å². The van der Waals surface area contributed by atoms with E-state index in [1.165, 1.54) is 0 Å². The van der Waals surface area contributed by atoms with E-state index in [2.05, 4.69) is 63.7 Å². The summed E-state index contributed by atoms with van der Waals surface area (Å²) in [6.07, 6.45) is 3.29. The quantitative estimate of drug-likeness (QED) is 0.382. The van der Waals surface area contributed by atoms with Gasteiger partial charge in [0.25, 0.3) is 0 Å². The maximum Gasteiger partial charge on any atom is 0.303 e. The highest BCUT2D eigenvalue weighted by atomic mass is 79.9. The summed E-state index contributed by atoms with van der Waals surface area (Å²) >= 11 is 13.4. The van der Waals surface area contributed by atoms with Crippen LogP contribution in [0, 0.1) is 0 Å². The molecule has 122 valence electrons. The van der Waals surface area contributed by atoms with Gasteiger partial charge in [-0.2, -0.15) is 0 Å². The van der Waals surface area contributed by atoms with Gasteiger partial charge in [0, 0.05) is 6.42 Å². The molecule has 1 rings (SSSR count). The average Bonchev–Trinajstić information content (AvgIpc) is 2.40. The normalized spacial score (nSPS) is 10.2. The molecule has 0 saturated heterocycles. The molecule has 0 bridgehead atoms. The van der Waals surface area contributed by atoms with Crippen molar-refractivity contribution in [3.8, 4) is 11.5 Å². The minimum Gasteiger partial charge on any atom is -0.491 e. The van der Waals surface area contributed by atoms with Crippen LogP contribution in [0.1, 0.15) is 19.3 Å². The van der Waals surface area contributed by atoms with Crippen molar-refractivity contribution < 1.29 is 19.4 Å². The van der Waals surface area contributed by atoms with Gasteiger partial charge in [0.1, 0.15) is 18.1 Å². The predicted octanol–water partition coefficient (Wildman–Crippen LogP) is 5.86. The number of hydrogen-bond acceptors (Lipinski definition) is 3. The van der Waals surface area contributed by atoms with Crippen LogP contribution in [0.25, 0.3) is 0 Å². The van der Waals surface area contributed by atoms with Crippen LogP contribution in [0.5, 0.6) is 11.5 Å². The molecule has 0 saturated carbocycles. The van der Waals surface area contributed by atoms with Crippen molar-refractivity contribution in [3.05, 3.63) is 30.5 Å². The Balaban J connectivity index is 2.54. The van der Waals surface area contributed by atoms with E-state index in [4.69, 9.17) is 14.6 Å². The van der Waals surface area contributed by atoms with Crippen LogP contribution in [0.3, 0.4) is 0 Å². The molecule has 8 heteroatoms. The molecule has 0 aromatic heterocycles. The lowest BCUT2D eigenvalue weighted by Gasteiger charge is -2.12. The topological polar surface area (TPSA) is 55.8 Å². The van der Waals surface area contributed by atoms with Crippen LogP contribution < -0.4 is 9.47 Å². The first kappa shape index (κ1) is 20.0. The molecule has 0 heterocycles. The molecular weight excluding hydrogens is 552 g/mol. The Hall–Kier alpha value is -0.0500. The Bertz CT molecular complexity index is 519. The zero-order chi connectivity index (χ0) is 16.5. The largest absolute Gasteiger partial charge is 0.491 e. The monoisotopic (exact) mass is 562 g/mol. The molecule has 0 aliphatic carbocycles. The fraction of sp³-hybridized carbons (Fsp3) is 0.357. The number of ether oxygens (including phenoxy) is 2. The van der Waals surface area contributed by atoms with E-state index in [1.54, 1.807) is 0 Å². The third kappa shape index (κ3) is 7.99. The molecule has 4 nitrogen and oxygen atoms in total. The summed E-state index contributed by atoms with van der Waals surface area (Å²) in [5.74, 6) is 0.599. The zero-order valence-electron chi connectivity index (χ0n) is 11.5. The van der Waals surface area contributed by atoms with Crippen molar-refractivity contribution in [1.82, 2.24) is 0 Å². The molecule has 0 aliphatic heterocycles. The zero-order valence-corrected chi connectivity index (χ0v) is 17.8. The first-order valence-electron chi connectivity index (χ1n) is 6.37. The van der Waals surface area contributed by atoms with Crippen molar-refractivity contribution in [3.63, 3.8) is 0 Å². The highest BCUT2D eigenvalue weighted by Gasteiger charge is 2.10. The van der Waals surface area contributed by atoms with E-state index in [0.717, 1.165) is 12.3 Å². The molecule has 1 aromatic carbocycles. The van der Waals surface area contributed by atoms with Crippen molar-refractivity contribution in [2.75, 3.05) is 13.2 Å². The number of aliphatic carboxylic acids is 1. The minimum atomic E-state index is -0.784. The summed E-state index contributed by atoms with van der Waals surface area (Å²) < 4.78 is 13.6. The van der Waals surface area contributed by atoms with Gasteiger partial charge in [-0.25, -0.2) is 0 Å². The van der Waals surface area contributed by atoms with Crippen LogP contribution >= 0.6 is 63.7 Å². The number of carboxylic acid groups (broad SMARTS) is 1. The van der Waals surface area contributed by atoms with Crippen molar-refractivity contribution >= 4 is 69.7 Å². The summed E-state index contributed by atoms with van der Waals surface area (Å²) in [6.45, 7) is 0.893. The van der Waals surface area contributed by atoms with Gasteiger partial charge in [-0.1, -0.05) is 0 Å². The molecule has 0 amide bonds. The lowest BCUT2D eigenvalue weighted by molar-refractivity contribution is -0.137. The summed E-state index contributed by atoms with van der Waals surface area (Å²) in [5.41, 5.74) is 0. The molecule has 22 heavy (non-hydrogen) atoms. The van der Waals surface area contributed by atoms with Crippen LogP contribution in [-0.4, -0.2) is 24.3 Å². The van der Waals surface area contributed by atoms with Gasteiger partial charge in [0.15, 0.2) is 0 Å². The Labute approximate surface area is 162 Å². The molecule has 0 fully saturated rings. The van der Waals surface area contributed by atoms with Crippen LogP contribution in [0.15, 0.2) is 30.5 Å². The van der Waals surface area contributed by atoms with Crippen LogP contribution in [0.2, 0.25) is 0 Å². The molecule has 0 spiro atoms. The van der Waals surface area contributed by atoms with E-state index in [9.17, 15) is 4.79 Å². The minimum absolute atomic E-state index is 0.162. The third-order valence-corrected chi connectivity index (χ3v) is 4.32. The van der Waals surface area contributed by atoms with Gasteiger partial charge in [-0.05, 0) is 94.8 Å². The summed E-state index contributed by atoms with van der Waals surface area (Å²) in [6, 6.07) is 3.65. The first-order valence-corrected chi connectivity index (χ1v) is 9.55. The van der Waals surface area contributed by atoms with E-state index in [0.29, 0.717) is 37.6 Å². The predicted molar refractivity (Wildman–Crippen MR) is 100 cm³/mol. The van der Waals surface area contributed by atoms with E-state index >= 15 is 0 Å². The van der Waals surface area contributed by atoms with E-state index < -0.39 is 5.97 Å². The van der Waals surface area contributed by atoms with Crippen molar-refractivity contribution in [2.45, 2.75) is 19.3 Å². The van der Waals surface area contributed by atoms with Gasteiger partial charge >= 0.3 is 5.97 Å². The Morgan fingerprint density at radius 2 is 1.77 bits per heavy atom. The number of carboxylic acids is 1. The second-order valence-electron chi connectivity index (χ2n) is 4.22. The van der Waals surface area contributed by atoms with E-state index in [-0.39, 0.29) is 6.42 Å². The first-order chi connectivity index (χ1) is 10.4. The number of benzene rings is 1. The van der Waals surface area contributed by atoms with Gasteiger partial charge in [-0.15, -0.1) is 0 Å². The summed E-state index contributed by atoms with van der Waals surface area (Å²) in [5, 5.41) is 8.57. The molecule has 0 atom stereocenters. The lowest BCUT2D eigenvalue weighted by atomic mass is 10.2. The molecule has 1 N–H and O–H groups in total. The molecule has 0 radical (unpaired) electrons. The van der Waals surface area contributed by atoms with Gasteiger partial charge in [0.05, 0.1) is 18.9 Å². The summed E-state index contributed by atoms with van der Waals surface area (Å²) in [4.78, 5) is 10.4.